The Morgan fingerprint density at radius 1 is 1.41 bits per heavy atom. The van der Waals surface area contributed by atoms with Gasteiger partial charge in [0.15, 0.2) is 0 Å². The average molecular weight is 259 g/mol. The standard InChI is InChI=1S/C11H17NO4S/c1-2-3-9-8-10(4-5-11(9)12)16-6-7-17(13,14)15/h4-5,8H,2-3,6-7,12H2,1H3,(H,13,14,15). The second-order valence-electron chi connectivity index (χ2n) is 3.75. The molecule has 17 heavy (non-hydrogen) atoms. The Morgan fingerprint density at radius 2 is 2.12 bits per heavy atom. The van der Waals surface area contributed by atoms with Gasteiger partial charge in [-0.3, -0.25) is 4.55 Å². The lowest BCUT2D eigenvalue weighted by molar-refractivity contribution is 0.335. The van der Waals surface area contributed by atoms with Crippen molar-refractivity contribution in [2.24, 2.45) is 0 Å². The molecule has 1 aromatic carbocycles. The third kappa shape index (κ3) is 5.06. The summed E-state index contributed by atoms with van der Waals surface area (Å²) in [5.41, 5.74) is 7.47. The minimum Gasteiger partial charge on any atom is -0.492 e. The van der Waals surface area contributed by atoms with Gasteiger partial charge in [0, 0.05) is 5.69 Å². The van der Waals surface area contributed by atoms with Crippen LogP contribution < -0.4 is 10.5 Å². The van der Waals surface area contributed by atoms with Crippen molar-refractivity contribution < 1.29 is 17.7 Å². The lowest BCUT2D eigenvalue weighted by Gasteiger charge is -2.09. The van der Waals surface area contributed by atoms with Crippen LogP contribution in [0.2, 0.25) is 0 Å². The smallest absolute Gasteiger partial charge is 0.268 e. The summed E-state index contributed by atoms with van der Waals surface area (Å²) < 4.78 is 34.8. The predicted octanol–water partition coefficient (Wildman–Crippen LogP) is 1.49. The van der Waals surface area contributed by atoms with Gasteiger partial charge >= 0.3 is 0 Å². The van der Waals surface area contributed by atoms with Crippen molar-refractivity contribution in [3.63, 3.8) is 0 Å². The lowest BCUT2D eigenvalue weighted by Crippen LogP contribution is -2.12. The molecule has 0 spiro atoms. The number of anilines is 1. The molecule has 5 nitrogen and oxygen atoms in total. The molecule has 0 bridgehead atoms. The number of hydrogen-bond acceptors (Lipinski definition) is 4. The van der Waals surface area contributed by atoms with Crippen LogP contribution in [0.1, 0.15) is 18.9 Å². The van der Waals surface area contributed by atoms with E-state index in [-0.39, 0.29) is 6.61 Å². The molecule has 0 aliphatic carbocycles. The molecular formula is C11H17NO4S. The summed E-state index contributed by atoms with van der Waals surface area (Å²) in [7, 11) is -3.97. The number of nitrogen functional groups attached to an aromatic ring is 1. The van der Waals surface area contributed by atoms with Gasteiger partial charge in [0.1, 0.15) is 18.1 Å². The summed E-state index contributed by atoms with van der Waals surface area (Å²) in [6, 6.07) is 5.20. The van der Waals surface area contributed by atoms with E-state index in [2.05, 4.69) is 0 Å². The van der Waals surface area contributed by atoms with E-state index in [0.717, 1.165) is 18.4 Å². The summed E-state index contributed by atoms with van der Waals surface area (Å²) in [6.07, 6.45) is 1.82. The van der Waals surface area contributed by atoms with Crippen LogP contribution in [0.15, 0.2) is 18.2 Å². The fraction of sp³-hybridized carbons (Fsp3) is 0.455. The molecule has 0 unspecified atom stereocenters. The van der Waals surface area contributed by atoms with E-state index in [1.54, 1.807) is 18.2 Å². The number of ether oxygens (including phenoxy) is 1. The zero-order chi connectivity index (χ0) is 12.9. The molecule has 1 aromatic rings. The molecule has 0 saturated carbocycles. The van der Waals surface area contributed by atoms with Crippen molar-refractivity contribution in [2.45, 2.75) is 19.8 Å². The number of aryl methyl sites for hydroxylation is 1. The van der Waals surface area contributed by atoms with Crippen LogP contribution in [-0.4, -0.2) is 25.3 Å². The number of hydrogen-bond donors (Lipinski definition) is 2. The highest BCUT2D eigenvalue weighted by atomic mass is 32.2. The van der Waals surface area contributed by atoms with Gasteiger partial charge in [0.2, 0.25) is 0 Å². The first-order valence-corrected chi connectivity index (χ1v) is 6.99. The van der Waals surface area contributed by atoms with E-state index in [1.165, 1.54) is 0 Å². The molecule has 0 amide bonds. The maximum Gasteiger partial charge on any atom is 0.268 e. The van der Waals surface area contributed by atoms with E-state index in [0.29, 0.717) is 11.4 Å². The third-order valence-corrected chi connectivity index (χ3v) is 2.93. The van der Waals surface area contributed by atoms with Gasteiger partial charge in [0.05, 0.1) is 0 Å². The van der Waals surface area contributed by atoms with Crippen LogP contribution >= 0.6 is 0 Å². The SMILES string of the molecule is CCCc1cc(OCCS(=O)(=O)O)ccc1N. The predicted molar refractivity (Wildman–Crippen MR) is 66.8 cm³/mol. The second-order valence-corrected chi connectivity index (χ2v) is 5.32. The Morgan fingerprint density at radius 3 is 2.71 bits per heavy atom. The van der Waals surface area contributed by atoms with Crippen LogP contribution in [0.4, 0.5) is 5.69 Å². The van der Waals surface area contributed by atoms with Crippen LogP contribution in [0.25, 0.3) is 0 Å². The molecular weight excluding hydrogens is 242 g/mol. The zero-order valence-electron chi connectivity index (χ0n) is 9.72. The van der Waals surface area contributed by atoms with Gasteiger partial charge in [-0.1, -0.05) is 13.3 Å². The number of rotatable bonds is 6. The van der Waals surface area contributed by atoms with E-state index >= 15 is 0 Å². The van der Waals surface area contributed by atoms with Gasteiger partial charge in [-0.05, 0) is 30.2 Å². The van der Waals surface area contributed by atoms with Crippen molar-refractivity contribution in [2.75, 3.05) is 18.1 Å². The summed E-state index contributed by atoms with van der Waals surface area (Å²) in [6.45, 7) is 1.97. The van der Waals surface area contributed by atoms with Crippen molar-refractivity contribution in [1.29, 1.82) is 0 Å². The molecule has 96 valence electrons. The van der Waals surface area contributed by atoms with E-state index in [1.807, 2.05) is 6.92 Å². The maximum absolute atomic E-state index is 10.5. The molecule has 0 aliphatic rings. The summed E-state index contributed by atoms with van der Waals surface area (Å²) in [4.78, 5) is 0. The van der Waals surface area contributed by atoms with Crippen LogP contribution in [0.5, 0.6) is 5.75 Å². The first kappa shape index (κ1) is 13.8. The van der Waals surface area contributed by atoms with Gasteiger partial charge in [-0.15, -0.1) is 0 Å². The van der Waals surface area contributed by atoms with E-state index in [4.69, 9.17) is 15.0 Å². The van der Waals surface area contributed by atoms with Crippen LogP contribution in [-0.2, 0) is 16.5 Å². The second kappa shape index (κ2) is 5.88. The molecule has 0 aromatic heterocycles. The largest absolute Gasteiger partial charge is 0.492 e. The van der Waals surface area contributed by atoms with Crippen molar-refractivity contribution >= 4 is 15.8 Å². The normalized spacial score (nSPS) is 11.4. The van der Waals surface area contributed by atoms with Gasteiger partial charge in [0.25, 0.3) is 10.1 Å². The fourth-order valence-electron chi connectivity index (χ4n) is 1.42. The topological polar surface area (TPSA) is 89.6 Å². The average Bonchev–Trinajstić information content (AvgIpc) is 2.21. The Bertz CT molecular complexity index is 470. The van der Waals surface area contributed by atoms with E-state index < -0.39 is 15.9 Å². The maximum atomic E-state index is 10.5. The van der Waals surface area contributed by atoms with E-state index in [9.17, 15) is 8.42 Å². The lowest BCUT2D eigenvalue weighted by atomic mass is 10.1. The summed E-state index contributed by atoms with van der Waals surface area (Å²) >= 11 is 0. The molecule has 6 heteroatoms. The van der Waals surface area contributed by atoms with Crippen molar-refractivity contribution in [3.8, 4) is 5.75 Å². The molecule has 1 rings (SSSR count). The monoisotopic (exact) mass is 259 g/mol. The third-order valence-electron chi connectivity index (χ3n) is 2.24. The fourth-order valence-corrected chi connectivity index (χ4v) is 1.72. The molecule has 0 atom stereocenters. The molecule has 3 N–H and O–H groups in total. The van der Waals surface area contributed by atoms with Crippen LogP contribution in [0.3, 0.4) is 0 Å². The number of nitrogens with two attached hydrogens (primary N) is 1. The van der Waals surface area contributed by atoms with Gasteiger partial charge in [-0.2, -0.15) is 8.42 Å². The first-order chi connectivity index (χ1) is 7.92. The summed E-state index contributed by atoms with van der Waals surface area (Å²) in [5.74, 6) is 0.145. The Labute approximate surface area is 101 Å². The Kier molecular flexibility index (Phi) is 4.77. The highest BCUT2D eigenvalue weighted by molar-refractivity contribution is 7.85. The minimum atomic E-state index is -3.97. The quantitative estimate of drug-likeness (QED) is 0.596. The van der Waals surface area contributed by atoms with Crippen molar-refractivity contribution in [3.05, 3.63) is 23.8 Å². The molecule has 0 radical (unpaired) electrons. The molecule has 0 fully saturated rings. The van der Waals surface area contributed by atoms with Crippen LogP contribution in [0, 0.1) is 0 Å². The molecule has 0 heterocycles. The Hall–Kier alpha value is -1.27. The van der Waals surface area contributed by atoms with Crippen molar-refractivity contribution in [1.82, 2.24) is 0 Å². The molecule has 0 aliphatic heterocycles. The van der Waals surface area contributed by atoms with Gasteiger partial charge < -0.3 is 10.5 Å². The highest BCUT2D eigenvalue weighted by Crippen LogP contribution is 2.21. The first-order valence-electron chi connectivity index (χ1n) is 5.38. The Balaban J connectivity index is 2.63. The summed E-state index contributed by atoms with van der Waals surface area (Å²) in [5, 5.41) is 0. The highest BCUT2D eigenvalue weighted by Gasteiger charge is 2.06. The zero-order valence-corrected chi connectivity index (χ0v) is 10.5. The number of benzene rings is 1. The van der Waals surface area contributed by atoms with Gasteiger partial charge in [-0.25, -0.2) is 0 Å². The molecule has 0 saturated heterocycles. The minimum absolute atomic E-state index is 0.0751.